The summed E-state index contributed by atoms with van der Waals surface area (Å²) in [5, 5.41) is 1.24. The van der Waals surface area contributed by atoms with Crippen LogP contribution >= 0.6 is 0 Å². The van der Waals surface area contributed by atoms with Gasteiger partial charge in [-0.2, -0.15) is 0 Å². The minimum atomic E-state index is 0.777. The fourth-order valence-corrected chi connectivity index (χ4v) is 2.15. The Morgan fingerprint density at radius 2 is 2.06 bits per heavy atom. The van der Waals surface area contributed by atoms with E-state index < -0.39 is 0 Å². The largest absolute Gasteiger partial charge is 0.397 e. The van der Waals surface area contributed by atoms with Crippen LogP contribution in [0.15, 0.2) is 30.5 Å². The lowest BCUT2D eigenvalue weighted by Crippen LogP contribution is -2.00. The second kappa shape index (κ2) is 4.60. The van der Waals surface area contributed by atoms with Gasteiger partial charge < -0.3 is 10.3 Å². The third kappa shape index (κ3) is 2.21. The van der Waals surface area contributed by atoms with Crippen molar-refractivity contribution in [3.63, 3.8) is 0 Å². The molecule has 0 aliphatic carbocycles. The Hall–Kier alpha value is -1.44. The maximum atomic E-state index is 6.01. The molecule has 1 heterocycles. The average molecular weight is 216 g/mol. The first-order valence-electron chi connectivity index (χ1n) is 6.02. The lowest BCUT2D eigenvalue weighted by molar-refractivity contribution is 0.518. The first-order chi connectivity index (χ1) is 7.68. The molecular formula is C14H20N2. The van der Waals surface area contributed by atoms with Crippen molar-refractivity contribution in [3.05, 3.63) is 30.5 Å². The van der Waals surface area contributed by atoms with Crippen LogP contribution in [0.4, 0.5) is 5.69 Å². The maximum Gasteiger partial charge on any atom is 0.0713 e. The van der Waals surface area contributed by atoms with Gasteiger partial charge in [0, 0.05) is 18.1 Å². The highest BCUT2D eigenvalue weighted by Gasteiger charge is 2.04. The fraction of sp³-hybridized carbons (Fsp3) is 0.429. The molecule has 2 nitrogen and oxygen atoms in total. The van der Waals surface area contributed by atoms with Crippen molar-refractivity contribution in [2.75, 3.05) is 5.73 Å². The maximum absolute atomic E-state index is 6.01. The summed E-state index contributed by atoms with van der Waals surface area (Å²) in [5.74, 6) is 0.777. The Bertz CT molecular complexity index is 469. The van der Waals surface area contributed by atoms with Gasteiger partial charge in [-0.3, -0.25) is 0 Å². The zero-order valence-corrected chi connectivity index (χ0v) is 10.1. The topological polar surface area (TPSA) is 30.9 Å². The Morgan fingerprint density at radius 1 is 1.25 bits per heavy atom. The number of benzene rings is 1. The van der Waals surface area contributed by atoms with Gasteiger partial charge in [0.25, 0.3) is 0 Å². The van der Waals surface area contributed by atoms with Crippen LogP contribution < -0.4 is 5.73 Å². The summed E-state index contributed by atoms with van der Waals surface area (Å²) in [7, 11) is 0. The van der Waals surface area contributed by atoms with Gasteiger partial charge in [0.2, 0.25) is 0 Å². The van der Waals surface area contributed by atoms with Gasteiger partial charge in [-0.05, 0) is 30.9 Å². The highest BCUT2D eigenvalue weighted by Crippen LogP contribution is 2.22. The number of nitrogens with zero attached hydrogens (tertiary/aromatic N) is 1. The van der Waals surface area contributed by atoms with Gasteiger partial charge in [-0.15, -0.1) is 0 Å². The van der Waals surface area contributed by atoms with Crippen molar-refractivity contribution >= 4 is 16.6 Å². The second-order valence-electron chi connectivity index (χ2n) is 4.83. The van der Waals surface area contributed by atoms with Crippen LogP contribution in [0.3, 0.4) is 0 Å². The molecule has 0 amide bonds. The van der Waals surface area contributed by atoms with Gasteiger partial charge in [0.05, 0.1) is 11.2 Å². The molecule has 0 atom stereocenters. The minimum absolute atomic E-state index is 0.777. The molecule has 0 saturated heterocycles. The molecule has 0 saturated carbocycles. The Balaban J connectivity index is 2.18. The summed E-state index contributed by atoms with van der Waals surface area (Å²) in [6, 6.07) is 8.24. The van der Waals surface area contributed by atoms with Crippen molar-refractivity contribution < 1.29 is 0 Å². The number of hydrogen-bond acceptors (Lipinski definition) is 1. The summed E-state index contributed by atoms with van der Waals surface area (Å²) in [6.07, 6.45) is 4.63. The van der Waals surface area contributed by atoms with Crippen LogP contribution in [0, 0.1) is 5.92 Å². The number of fused-ring (bicyclic) bond motifs is 1. The first kappa shape index (κ1) is 11.1. The van der Waals surface area contributed by atoms with E-state index in [0.717, 1.165) is 18.2 Å². The SMILES string of the molecule is CC(C)CCCn1ccc2cccc(N)c21. The van der Waals surface area contributed by atoms with E-state index in [1.165, 1.54) is 23.7 Å². The van der Waals surface area contributed by atoms with Crippen molar-refractivity contribution in [2.24, 2.45) is 5.92 Å². The third-order valence-electron chi connectivity index (χ3n) is 3.00. The van der Waals surface area contributed by atoms with Gasteiger partial charge in [0.15, 0.2) is 0 Å². The van der Waals surface area contributed by atoms with Gasteiger partial charge >= 0.3 is 0 Å². The molecule has 1 aromatic heterocycles. The molecule has 0 spiro atoms. The quantitative estimate of drug-likeness (QED) is 0.777. The number of hydrogen-bond donors (Lipinski definition) is 1. The Kier molecular flexibility index (Phi) is 3.18. The van der Waals surface area contributed by atoms with Crippen LogP contribution in [0.2, 0.25) is 0 Å². The second-order valence-corrected chi connectivity index (χ2v) is 4.83. The van der Waals surface area contributed by atoms with Crippen LogP contribution in [-0.2, 0) is 6.54 Å². The summed E-state index contributed by atoms with van der Waals surface area (Å²) >= 11 is 0. The average Bonchev–Trinajstić information content (AvgIpc) is 2.62. The van der Waals surface area contributed by atoms with Crippen LogP contribution in [-0.4, -0.2) is 4.57 Å². The summed E-state index contributed by atoms with van der Waals surface area (Å²) < 4.78 is 2.27. The zero-order valence-electron chi connectivity index (χ0n) is 10.1. The normalized spacial score (nSPS) is 11.4. The zero-order chi connectivity index (χ0) is 11.5. The minimum Gasteiger partial charge on any atom is -0.397 e. The standard InChI is InChI=1S/C14H20N2/c1-11(2)5-4-9-16-10-8-12-6-3-7-13(15)14(12)16/h3,6-8,10-11H,4-5,9,15H2,1-2H3. The van der Waals surface area contributed by atoms with Gasteiger partial charge in [0.1, 0.15) is 0 Å². The molecule has 2 aromatic rings. The molecule has 0 aliphatic rings. The summed E-state index contributed by atoms with van der Waals surface area (Å²) in [4.78, 5) is 0. The Morgan fingerprint density at radius 3 is 2.81 bits per heavy atom. The first-order valence-corrected chi connectivity index (χ1v) is 6.02. The van der Waals surface area contributed by atoms with Crippen molar-refractivity contribution in [2.45, 2.75) is 33.2 Å². The summed E-state index contributed by atoms with van der Waals surface area (Å²) in [5.41, 5.74) is 8.08. The van der Waals surface area contributed by atoms with Gasteiger partial charge in [-0.1, -0.05) is 26.0 Å². The van der Waals surface area contributed by atoms with Crippen LogP contribution in [0.5, 0.6) is 0 Å². The van der Waals surface area contributed by atoms with Crippen molar-refractivity contribution in [1.29, 1.82) is 0 Å². The van der Waals surface area contributed by atoms with E-state index in [4.69, 9.17) is 5.73 Å². The van der Waals surface area contributed by atoms with E-state index in [0.29, 0.717) is 0 Å². The number of anilines is 1. The molecule has 86 valence electrons. The highest BCUT2D eigenvalue weighted by molar-refractivity contribution is 5.90. The van der Waals surface area contributed by atoms with E-state index in [-0.39, 0.29) is 0 Å². The molecule has 0 bridgehead atoms. The fourth-order valence-electron chi connectivity index (χ4n) is 2.15. The lowest BCUT2D eigenvalue weighted by atomic mass is 10.1. The number of aryl methyl sites for hydroxylation is 1. The molecule has 1 aromatic carbocycles. The number of para-hydroxylation sites is 1. The molecule has 2 rings (SSSR count). The monoisotopic (exact) mass is 216 g/mol. The number of nitrogen functional groups attached to an aromatic ring is 1. The van der Waals surface area contributed by atoms with E-state index in [2.05, 4.69) is 36.7 Å². The van der Waals surface area contributed by atoms with Crippen LogP contribution in [0.1, 0.15) is 26.7 Å². The van der Waals surface area contributed by atoms with Gasteiger partial charge in [-0.25, -0.2) is 0 Å². The van der Waals surface area contributed by atoms with Crippen molar-refractivity contribution in [3.8, 4) is 0 Å². The van der Waals surface area contributed by atoms with E-state index in [1.807, 2.05) is 12.1 Å². The number of rotatable bonds is 4. The molecule has 16 heavy (non-hydrogen) atoms. The van der Waals surface area contributed by atoms with E-state index in [1.54, 1.807) is 0 Å². The third-order valence-corrected chi connectivity index (χ3v) is 3.00. The summed E-state index contributed by atoms with van der Waals surface area (Å²) in [6.45, 7) is 5.60. The van der Waals surface area contributed by atoms with E-state index in [9.17, 15) is 0 Å². The number of nitrogens with two attached hydrogens (primary N) is 1. The molecule has 0 unspecified atom stereocenters. The number of aromatic nitrogens is 1. The molecule has 0 aliphatic heterocycles. The predicted molar refractivity (Wildman–Crippen MR) is 70.4 cm³/mol. The lowest BCUT2D eigenvalue weighted by Gasteiger charge is -2.08. The molecular weight excluding hydrogens is 196 g/mol. The predicted octanol–water partition coefficient (Wildman–Crippen LogP) is 3.66. The molecule has 2 N–H and O–H groups in total. The Labute approximate surface area is 97.1 Å². The highest BCUT2D eigenvalue weighted by atomic mass is 15.0. The van der Waals surface area contributed by atoms with Crippen molar-refractivity contribution in [1.82, 2.24) is 4.57 Å². The molecule has 0 fully saturated rings. The molecule has 0 radical (unpaired) electrons. The molecule has 2 heteroatoms. The van der Waals surface area contributed by atoms with Crippen LogP contribution in [0.25, 0.3) is 10.9 Å². The van der Waals surface area contributed by atoms with E-state index >= 15 is 0 Å². The smallest absolute Gasteiger partial charge is 0.0713 e.